The van der Waals surface area contributed by atoms with Crippen molar-refractivity contribution in [2.24, 2.45) is 0 Å². The Bertz CT molecular complexity index is 401. The highest BCUT2D eigenvalue weighted by atomic mass is 16.5. The quantitative estimate of drug-likeness (QED) is 0.822. The predicted octanol–water partition coefficient (Wildman–Crippen LogP) is 3.34. The number of benzene rings is 1. The summed E-state index contributed by atoms with van der Waals surface area (Å²) in [5, 5.41) is 0. The van der Waals surface area contributed by atoms with Crippen LogP contribution in [0.15, 0.2) is 24.3 Å². The third kappa shape index (κ3) is 3.25. The molecular formula is C15H23NO2. The number of ether oxygens (including phenoxy) is 1. The minimum absolute atomic E-state index is 0.0557. The monoisotopic (exact) mass is 249 g/mol. The Kier molecular flexibility index (Phi) is 4.38. The van der Waals surface area contributed by atoms with Crippen molar-refractivity contribution in [2.45, 2.75) is 46.2 Å². The molecule has 18 heavy (non-hydrogen) atoms. The molecule has 0 aromatic heterocycles. The van der Waals surface area contributed by atoms with Crippen LogP contribution >= 0.6 is 0 Å². The lowest BCUT2D eigenvalue weighted by atomic mass is 10.0. The van der Waals surface area contributed by atoms with E-state index in [2.05, 4.69) is 20.8 Å². The van der Waals surface area contributed by atoms with E-state index in [1.807, 2.05) is 43.0 Å². The van der Waals surface area contributed by atoms with Crippen LogP contribution in [0.3, 0.4) is 0 Å². The third-order valence-corrected chi connectivity index (χ3v) is 2.79. The van der Waals surface area contributed by atoms with Gasteiger partial charge < -0.3 is 9.64 Å². The number of hydrogen-bond donors (Lipinski definition) is 0. The molecule has 0 saturated carbocycles. The van der Waals surface area contributed by atoms with Gasteiger partial charge in [-0.3, -0.25) is 4.79 Å². The van der Waals surface area contributed by atoms with Crippen molar-refractivity contribution in [2.75, 3.05) is 7.11 Å². The van der Waals surface area contributed by atoms with Crippen molar-refractivity contribution in [3.05, 3.63) is 29.8 Å². The van der Waals surface area contributed by atoms with Crippen LogP contribution in [0.5, 0.6) is 5.75 Å². The van der Waals surface area contributed by atoms with E-state index in [0.29, 0.717) is 5.56 Å². The van der Waals surface area contributed by atoms with Crippen molar-refractivity contribution in [3.63, 3.8) is 0 Å². The second-order valence-electron chi connectivity index (χ2n) is 5.67. The summed E-state index contributed by atoms with van der Waals surface area (Å²) in [4.78, 5) is 14.4. The topological polar surface area (TPSA) is 29.5 Å². The SMILES string of the molecule is COc1ccc(C(=O)N(C(C)C)C(C)(C)C)cc1. The van der Waals surface area contributed by atoms with Gasteiger partial charge >= 0.3 is 0 Å². The Hall–Kier alpha value is -1.51. The summed E-state index contributed by atoms with van der Waals surface area (Å²) in [5.74, 6) is 0.818. The zero-order valence-electron chi connectivity index (χ0n) is 12.2. The second kappa shape index (κ2) is 5.42. The number of carbonyl (C=O) groups is 1. The normalized spacial score (nSPS) is 11.5. The fourth-order valence-corrected chi connectivity index (χ4v) is 2.19. The number of amides is 1. The number of methoxy groups -OCH3 is 1. The van der Waals surface area contributed by atoms with E-state index in [0.717, 1.165) is 5.75 Å². The largest absolute Gasteiger partial charge is 0.497 e. The van der Waals surface area contributed by atoms with Gasteiger partial charge in [-0.15, -0.1) is 0 Å². The van der Waals surface area contributed by atoms with E-state index < -0.39 is 0 Å². The van der Waals surface area contributed by atoms with Gasteiger partial charge in [0.25, 0.3) is 5.91 Å². The van der Waals surface area contributed by atoms with Crippen LogP contribution in [0.2, 0.25) is 0 Å². The van der Waals surface area contributed by atoms with E-state index in [9.17, 15) is 4.79 Å². The Morgan fingerprint density at radius 3 is 2.00 bits per heavy atom. The van der Waals surface area contributed by atoms with Gasteiger partial charge in [-0.05, 0) is 58.9 Å². The molecule has 100 valence electrons. The standard InChI is InChI=1S/C15H23NO2/c1-11(2)16(15(3,4)5)14(17)12-7-9-13(18-6)10-8-12/h7-11H,1-6H3. The molecule has 0 bridgehead atoms. The lowest BCUT2D eigenvalue weighted by Gasteiger charge is -2.39. The third-order valence-electron chi connectivity index (χ3n) is 2.79. The van der Waals surface area contributed by atoms with Gasteiger partial charge in [0, 0.05) is 17.1 Å². The van der Waals surface area contributed by atoms with Gasteiger partial charge in [-0.1, -0.05) is 0 Å². The molecule has 1 rings (SSSR count). The molecule has 0 N–H and O–H groups in total. The molecule has 0 saturated heterocycles. The second-order valence-corrected chi connectivity index (χ2v) is 5.67. The van der Waals surface area contributed by atoms with E-state index in [-0.39, 0.29) is 17.5 Å². The molecule has 0 atom stereocenters. The summed E-state index contributed by atoms with van der Waals surface area (Å²) in [6.45, 7) is 10.2. The number of carbonyl (C=O) groups excluding carboxylic acids is 1. The minimum atomic E-state index is -0.189. The van der Waals surface area contributed by atoms with Crippen molar-refractivity contribution >= 4 is 5.91 Å². The summed E-state index contributed by atoms with van der Waals surface area (Å²) in [7, 11) is 1.62. The number of hydrogen-bond acceptors (Lipinski definition) is 2. The summed E-state index contributed by atoms with van der Waals surface area (Å²) in [6.07, 6.45) is 0. The zero-order valence-corrected chi connectivity index (χ0v) is 12.2. The first-order valence-corrected chi connectivity index (χ1v) is 6.25. The molecule has 3 heteroatoms. The summed E-state index contributed by atoms with van der Waals surface area (Å²) in [6, 6.07) is 7.41. The molecule has 3 nitrogen and oxygen atoms in total. The molecule has 0 fully saturated rings. The van der Waals surface area contributed by atoms with Crippen LogP contribution in [0.1, 0.15) is 45.0 Å². The number of nitrogens with zero attached hydrogens (tertiary/aromatic N) is 1. The summed E-state index contributed by atoms with van der Waals surface area (Å²) < 4.78 is 5.10. The smallest absolute Gasteiger partial charge is 0.254 e. The van der Waals surface area contributed by atoms with Crippen molar-refractivity contribution in [3.8, 4) is 5.75 Å². The molecule has 0 aliphatic rings. The molecule has 0 unspecified atom stereocenters. The van der Waals surface area contributed by atoms with E-state index in [1.165, 1.54) is 0 Å². The molecule has 0 heterocycles. The maximum Gasteiger partial charge on any atom is 0.254 e. The lowest BCUT2D eigenvalue weighted by molar-refractivity contribution is 0.0490. The molecular weight excluding hydrogens is 226 g/mol. The van der Waals surface area contributed by atoms with Gasteiger partial charge in [0.2, 0.25) is 0 Å². The average molecular weight is 249 g/mol. The maximum absolute atomic E-state index is 12.5. The van der Waals surface area contributed by atoms with Crippen molar-refractivity contribution in [1.82, 2.24) is 4.90 Å². The lowest BCUT2D eigenvalue weighted by Crippen LogP contribution is -2.49. The number of rotatable bonds is 3. The van der Waals surface area contributed by atoms with Crippen LogP contribution in [-0.2, 0) is 0 Å². The molecule has 0 spiro atoms. The highest BCUT2D eigenvalue weighted by molar-refractivity contribution is 5.95. The molecule has 0 aliphatic carbocycles. The average Bonchev–Trinajstić information content (AvgIpc) is 2.26. The fourth-order valence-electron chi connectivity index (χ4n) is 2.19. The van der Waals surface area contributed by atoms with Crippen molar-refractivity contribution < 1.29 is 9.53 Å². The van der Waals surface area contributed by atoms with E-state index in [1.54, 1.807) is 7.11 Å². The minimum Gasteiger partial charge on any atom is -0.497 e. The molecule has 1 aromatic carbocycles. The van der Waals surface area contributed by atoms with Crippen LogP contribution in [-0.4, -0.2) is 29.5 Å². The Morgan fingerprint density at radius 2 is 1.67 bits per heavy atom. The Labute approximate surface area is 110 Å². The van der Waals surface area contributed by atoms with Crippen LogP contribution in [0, 0.1) is 0 Å². The van der Waals surface area contributed by atoms with E-state index in [4.69, 9.17) is 4.74 Å². The van der Waals surface area contributed by atoms with Crippen molar-refractivity contribution in [1.29, 1.82) is 0 Å². The van der Waals surface area contributed by atoms with Gasteiger partial charge in [-0.2, -0.15) is 0 Å². The maximum atomic E-state index is 12.5. The van der Waals surface area contributed by atoms with Crippen LogP contribution < -0.4 is 4.74 Å². The highest BCUT2D eigenvalue weighted by Gasteiger charge is 2.29. The fraction of sp³-hybridized carbons (Fsp3) is 0.533. The van der Waals surface area contributed by atoms with Gasteiger partial charge in [0.05, 0.1) is 7.11 Å². The first-order chi connectivity index (χ1) is 8.27. The summed E-state index contributed by atoms with van der Waals surface area (Å²) in [5.41, 5.74) is 0.505. The zero-order chi connectivity index (χ0) is 13.9. The molecule has 0 radical (unpaired) electrons. The van der Waals surface area contributed by atoms with Crippen LogP contribution in [0.25, 0.3) is 0 Å². The van der Waals surface area contributed by atoms with Crippen LogP contribution in [0.4, 0.5) is 0 Å². The highest BCUT2D eigenvalue weighted by Crippen LogP contribution is 2.21. The predicted molar refractivity (Wildman–Crippen MR) is 74.1 cm³/mol. The Balaban J connectivity index is 3.03. The summed E-state index contributed by atoms with van der Waals surface area (Å²) >= 11 is 0. The molecule has 1 aromatic rings. The first-order valence-electron chi connectivity index (χ1n) is 6.25. The van der Waals surface area contributed by atoms with Gasteiger partial charge in [0.1, 0.15) is 5.75 Å². The first kappa shape index (κ1) is 14.6. The van der Waals surface area contributed by atoms with Gasteiger partial charge in [-0.25, -0.2) is 0 Å². The molecule has 0 aliphatic heterocycles. The van der Waals surface area contributed by atoms with Gasteiger partial charge in [0.15, 0.2) is 0 Å². The Morgan fingerprint density at radius 1 is 1.17 bits per heavy atom. The molecule has 1 amide bonds. The van der Waals surface area contributed by atoms with E-state index >= 15 is 0 Å².